The van der Waals surface area contributed by atoms with Gasteiger partial charge in [0.25, 0.3) is 0 Å². The van der Waals surface area contributed by atoms with Crippen LogP contribution >= 0.6 is 11.6 Å². The molecule has 124 valence electrons. The number of carbonyl (C=O) groups excluding carboxylic acids is 2. The highest BCUT2D eigenvalue weighted by atomic mass is 35.5. The molecule has 1 N–H and O–H groups in total. The molecule has 1 heterocycles. The molecule has 0 radical (unpaired) electrons. The van der Waals surface area contributed by atoms with Gasteiger partial charge in [-0.15, -0.1) is 0 Å². The van der Waals surface area contributed by atoms with Crippen LogP contribution in [-0.4, -0.2) is 18.4 Å². The third kappa shape index (κ3) is 3.77. The van der Waals surface area contributed by atoms with Crippen molar-refractivity contribution in [1.82, 2.24) is 5.32 Å². The van der Waals surface area contributed by atoms with E-state index in [0.717, 1.165) is 16.8 Å². The van der Waals surface area contributed by atoms with Crippen LogP contribution in [0.2, 0.25) is 5.02 Å². The van der Waals surface area contributed by atoms with Crippen molar-refractivity contribution in [1.29, 1.82) is 0 Å². The smallest absolute Gasteiger partial charge is 0.227 e. The van der Waals surface area contributed by atoms with Crippen LogP contribution < -0.4 is 10.2 Å². The number of rotatable bonds is 4. The molecule has 0 saturated carbocycles. The highest BCUT2D eigenvalue weighted by Crippen LogP contribution is 2.25. The second-order valence-electron chi connectivity index (χ2n) is 6.09. The Kier molecular flexibility index (Phi) is 4.86. The molecule has 1 aliphatic rings. The summed E-state index contributed by atoms with van der Waals surface area (Å²) in [6.07, 6.45) is 0.245. The maximum absolute atomic E-state index is 12.4. The van der Waals surface area contributed by atoms with Crippen LogP contribution in [0.1, 0.15) is 17.5 Å². The number of benzene rings is 2. The Labute approximate surface area is 146 Å². The first-order valence-corrected chi connectivity index (χ1v) is 8.30. The summed E-state index contributed by atoms with van der Waals surface area (Å²) in [5, 5.41) is 3.54. The van der Waals surface area contributed by atoms with Crippen molar-refractivity contribution in [2.45, 2.75) is 19.9 Å². The molecule has 1 atom stereocenters. The minimum Gasteiger partial charge on any atom is -0.352 e. The van der Waals surface area contributed by atoms with E-state index in [0.29, 0.717) is 18.1 Å². The zero-order valence-electron chi connectivity index (χ0n) is 13.5. The first-order valence-electron chi connectivity index (χ1n) is 7.92. The number of aryl methyl sites for hydroxylation is 1. The number of anilines is 1. The Balaban J connectivity index is 1.60. The van der Waals surface area contributed by atoms with Gasteiger partial charge in [0.2, 0.25) is 11.8 Å². The molecular weight excluding hydrogens is 324 g/mol. The number of nitrogens with one attached hydrogen (secondary N) is 1. The number of hydrogen-bond donors (Lipinski definition) is 1. The Morgan fingerprint density at radius 3 is 2.71 bits per heavy atom. The first kappa shape index (κ1) is 16.5. The van der Waals surface area contributed by atoms with Crippen LogP contribution in [0.25, 0.3) is 0 Å². The van der Waals surface area contributed by atoms with Gasteiger partial charge in [-0.05, 0) is 36.8 Å². The standard InChI is InChI=1S/C19H19ClN2O2/c1-13-5-7-17(8-6-13)22-12-15(10-18(22)23)19(24)21-11-14-3-2-4-16(20)9-14/h2-9,15H,10-12H2,1H3,(H,21,24)/t15-/m1/s1. The minimum absolute atomic E-state index is 0.0123. The Bertz CT molecular complexity index is 758. The second kappa shape index (κ2) is 7.05. The van der Waals surface area contributed by atoms with Crippen LogP contribution in [-0.2, 0) is 16.1 Å². The van der Waals surface area contributed by atoms with Crippen molar-refractivity contribution >= 4 is 29.1 Å². The molecule has 3 rings (SSSR count). The van der Waals surface area contributed by atoms with Gasteiger partial charge in [0.1, 0.15) is 0 Å². The summed E-state index contributed by atoms with van der Waals surface area (Å²) >= 11 is 5.94. The van der Waals surface area contributed by atoms with E-state index in [4.69, 9.17) is 11.6 Å². The molecule has 1 saturated heterocycles. The summed E-state index contributed by atoms with van der Waals surface area (Å²) in [5.74, 6) is -0.433. The first-order chi connectivity index (χ1) is 11.5. The predicted molar refractivity (Wildman–Crippen MR) is 94.9 cm³/mol. The van der Waals surface area contributed by atoms with E-state index in [1.165, 1.54) is 0 Å². The monoisotopic (exact) mass is 342 g/mol. The number of amides is 2. The molecule has 2 amide bonds. The van der Waals surface area contributed by atoms with Gasteiger partial charge < -0.3 is 10.2 Å². The molecule has 0 unspecified atom stereocenters. The number of carbonyl (C=O) groups is 2. The van der Waals surface area contributed by atoms with E-state index in [2.05, 4.69) is 5.32 Å². The summed E-state index contributed by atoms with van der Waals surface area (Å²) in [6, 6.07) is 15.1. The molecule has 2 aromatic rings. The minimum atomic E-state index is -0.321. The molecule has 0 aromatic heterocycles. The zero-order chi connectivity index (χ0) is 17.1. The fraction of sp³-hybridized carbons (Fsp3) is 0.263. The average Bonchev–Trinajstić information content (AvgIpc) is 2.95. The van der Waals surface area contributed by atoms with Gasteiger partial charge in [-0.2, -0.15) is 0 Å². The van der Waals surface area contributed by atoms with E-state index in [1.54, 1.807) is 11.0 Å². The molecule has 1 aliphatic heterocycles. The predicted octanol–water partition coefficient (Wildman–Crippen LogP) is 3.32. The Morgan fingerprint density at radius 2 is 2.00 bits per heavy atom. The van der Waals surface area contributed by atoms with Gasteiger partial charge in [0.15, 0.2) is 0 Å². The summed E-state index contributed by atoms with van der Waals surface area (Å²) in [4.78, 5) is 26.3. The molecule has 1 fully saturated rings. The second-order valence-corrected chi connectivity index (χ2v) is 6.53. The lowest BCUT2D eigenvalue weighted by Gasteiger charge is -2.17. The van der Waals surface area contributed by atoms with Gasteiger partial charge in [-0.3, -0.25) is 9.59 Å². The topological polar surface area (TPSA) is 49.4 Å². The fourth-order valence-electron chi connectivity index (χ4n) is 2.84. The van der Waals surface area contributed by atoms with E-state index in [9.17, 15) is 9.59 Å². The Hall–Kier alpha value is -2.33. The van der Waals surface area contributed by atoms with Gasteiger partial charge in [0.05, 0.1) is 5.92 Å². The lowest BCUT2D eigenvalue weighted by molar-refractivity contribution is -0.126. The summed E-state index contributed by atoms with van der Waals surface area (Å²) in [6.45, 7) is 2.83. The quantitative estimate of drug-likeness (QED) is 0.926. The summed E-state index contributed by atoms with van der Waals surface area (Å²) < 4.78 is 0. The van der Waals surface area contributed by atoms with Gasteiger partial charge in [0, 0.05) is 30.2 Å². The normalized spacial score (nSPS) is 17.2. The molecular formula is C19H19ClN2O2. The van der Waals surface area contributed by atoms with Crippen molar-refractivity contribution < 1.29 is 9.59 Å². The number of nitrogens with zero attached hydrogens (tertiary/aromatic N) is 1. The molecule has 0 aliphatic carbocycles. The highest BCUT2D eigenvalue weighted by molar-refractivity contribution is 6.30. The van der Waals surface area contributed by atoms with Gasteiger partial charge >= 0.3 is 0 Å². The van der Waals surface area contributed by atoms with E-state index >= 15 is 0 Å². The third-order valence-electron chi connectivity index (χ3n) is 4.20. The van der Waals surface area contributed by atoms with E-state index in [-0.39, 0.29) is 24.2 Å². The number of hydrogen-bond acceptors (Lipinski definition) is 2. The lowest BCUT2D eigenvalue weighted by Crippen LogP contribution is -2.32. The van der Waals surface area contributed by atoms with Crippen molar-refractivity contribution in [3.05, 3.63) is 64.7 Å². The average molecular weight is 343 g/mol. The van der Waals surface area contributed by atoms with Crippen molar-refractivity contribution in [2.75, 3.05) is 11.4 Å². The largest absolute Gasteiger partial charge is 0.352 e. The summed E-state index contributed by atoms with van der Waals surface area (Å²) in [5.41, 5.74) is 2.92. The zero-order valence-corrected chi connectivity index (χ0v) is 14.2. The fourth-order valence-corrected chi connectivity index (χ4v) is 3.05. The lowest BCUT2D eigenvalue weighted by atomic mass is 10.1. The van der Waals surface area contributed by atoms with Crippen LogP contribution in [0.15, 0.2) is 48.5 Å². The molecule has 0 spiro atoms. The Morgan fingerprint density at radius 1 is 1.25 bits per heavy atom. The molecule has 2 aromatic carbocycles. The van der Waals surface area contributed by atoms with Crippen LogP contribution in [0.4, 0.5) is 5.69 Å². The van der Waals surface area contributed by atoms with Crippen molar-refractivity contribution in [3.63, 3.8) is 0 Å². The summed E-state index contributed by atoms with van der Waals surface area (Å²) in [7, 11) is 0. The SMILES string of the molecule is Cc1ccc(N2C[C@H](C(=O)NCc3cccc(Cl)c3)CC2=O)cc1. The van der Waals surface area contributed by atoms with Crippen LogP contribution in [0.3, 0.4) is 0 Å². The molecule has 4 nitrogen and oxygen atoms in total. The highest BCUT2D eigenvalue weighted by Gasteiger charge is 2.34. The maximum Gasteiger partial charge on any atom is 0.227 e. The van der Waals surface area contributed by atoms with E-state index in [1.807, 2.05) is 49.4 Å². The van der Waals surface area contributed by atoms with Gasteiger partial charge in [-0.1, -0.05) is 41.4 Å². The van der Waals surface area contributed by atoms with Crippen LogP contribution in [0, 0.1) is 12.8 Å². The molecule has 0 bridgehead atoms. The van der Waals surface area contributed by atoms with Crippen LogP contribution in [0.5, 0.6) is 0 Å². The maximum atomic E-state index is 12.4. The number of halogens is 1. The van der Waals surface area contributed by atoms with E-state index < -0.39 is 0 Å². The van der Waals surface area contributed by atoms with Crippen molar-refractivity contribution in [2.24, 2.45) is 5.92 Å². The molecule has 5 heteroatoms. The molecule has 24 heavy (non-hydrogen) atoms. The van der Waals surface area contributed by atoms with Gasteiger partial charge in [-0.25, -0.2) is 0 Å². The third-order valence-corrected chi connectivity index (χ3v) is 4.43. The van der Waals surface area contributed by atoms with Crippen molar-refractivity contribution in [3.8, 4) is 0 Å².